The second kappa shape index (κ2) is 6.26. The number of nitrogens with one attached hydrogen (secondary N) is 2. The van der Waals surface area contributed by atoms with Gasteiger partial charge < -0.3 is 15.7 Å². The number of aliphatic carboxylic acids is 1. The SMILES string of the molecule is CCC(CC1CC1)NC(=O)NC1CCCC1C(=O)O. The molecular formula is C14H24N2O3. The fourth-order valence-corrected chi connectivity index (χ4v) is 2.91. The fraction of sp³-hybridized carbons (Fsp3) is 0.857. The van der Waals surface area contributed by atoms with Crippen molar-refractivity contribution in [2.45, 2.75) is 64.0 Å². The molecule has 2 aliphatic carbocycles. The molecule has 108 valence electrons. The largest absolute Gasteiger partial charge is 0.481 e. The van der Waals surface area contributed by atoms with Crippen LogP contribution < -0.4 is 10.6 Å². The molecule has 0 radical (unpaired) electrons. The van der Waals surface area contributed by atoms with Crippen LogP contribution in [0.1, 0.15) is 51.9 Å². The summed E-state index contributed by atoms with van der Waals surface area (Å²) in [6.07, 6.45) is 6.85. The van der Waals surface area contributed by atoms with E-state index in [-0.39, 0.29) is 18.1 Å². The summed E-state index contributed by atoms with van der Waals surface area (Å²) in [6, 6.07) is -0.196. The van der Waals surface area contributed by atoms with E-state index in [0.29, 0.717) is 6.42 Å². The summed E-state index contributed by atoms with van der Waals surface area (Å²) in [6.45, 7) is 2.07. The van der Waals surface area contributed by atoms with E-state index in [9.17, 15) is 9.59 Å². The lowest BCUT2D eigenvalue weighted by atomic mass is 10.0. The molecule has 0 heterocycles. The van der Waals surface area contributed by atoms with E-state index in [4.69, 9.17) is 5.11 Å². The summed E-state index contributed by atoms with van der Waals surface area (Å²) >= 11 is 0. The van der Waals surface area contributed by atoms with Crippen molar-refractivity contribution in [2.24, 2.45) is 11.8 Å². The number of hydrogen-bond donors (Lipinski definition) is 3. The molecule has 0 aromatic carbocycles. The van der Waals surface area contributed by atoms with Gasteiger partial charge in [-0.05, 0) is 31.6 Å². The Balaban J connectivity index is 1.77. The third-order valence-corrected chi connectivity index (χ3v) is 4.29. The molecule has 0 aliphatic heterocycles. The molecule has 0 aromatic rings. The van der Waals surface area contributed by atoms with Crippen molar-refractivity contribution in [3.8, 4) is 0 Å². The maximum absolute atomic E-state index is 11.9. The summed E-state index contributed by atoms with van der Waals surface area (Å²) in [5, 5.41) is 14.9. The van der Waals surface area contributed by atoms with Crippen LogP contribution >= 0.6 is 0 Å². The standard InChI is InChI=1S/C14H24N2O3/c1-2-10(8-9-6-7-9)15-14(19)16-12-5-3-4-11(12)13(17)18/h9-12H,2-8H2,1H3,(H,17,18)(H2,15,16,19). The zero-order chi connectivity index (χ0) is 13.8. The number of carbonyl (C=O) groups excluding carboxylic acids is 1. The van der Waals surface area contributed by atoms with Crippen molar-refractivity contribution in [3.63, 3.8) is 0 Å². The minimum absolute atomic E-state index is 0.203. The Morgan fingerprint density at radius 3 is 2.58 bits per heavy atom. The van der Waals surface area contributed by atoms with Crippen LogP contribution in [0.15, 0.2) is 0 Å². The second-order valence-corrected chi connectivity index (χ2v) is 5.88. The molecule has 5 heteroatoms. The van der Waals surface area contributed by atoms with E-state index >= 15 is 0 Å². The van der Waals surface area contributed by atoms with Crippen LogP contribution in [-0.2, 0) is 4.79 Å². The predicted octanol–water partition coefficient (Wildman–Crippen LogP) is 2.12. The molecule has 2 amide bonds. The highest BCUT2D eigenvalue weighted by Crippen LogP contribution is 2.34. The smallest absolute Gasteiger partial charge is 0.315 e. The summed E-state index contributed by atoms with van der Waals surface area (Å²) < 4.78 is 0. The van der Waals surface area contributed by atoms with E-state index in [0.717, 1.165) is 31.6 Å². The van der Waals surface area contributed by atoms with Gasteiger partial charge in [0, 0.05) is 12.1 Å². The van der Waals surface area contributed by atoms with Crippen LogP contribution in [0, 0.1) is 11.8 Å². The first kappa shape index (κ1) is 14.2. The number of carboxylic acids is 1. The van der Waals surface area contributed by atoms with Gasteiger partial charge in [0.2, 0.25) is 0 Å². The molecular weight excluding hydrogens is 244 g/mol. The van der Waals surface area contributed by atoms with Crippen molar-refractivity contribution in [3.05, 3.63) is 0 Å². The Morgan fingerprint density at radius 1 is 1.26 bits per heavy atom. The first-order valence-electron chi connectivity index (χ1n) is 7.40. The predicted molar refractivity (Wildman–Crippen MR) is 71.9 cm³/mol. The van der Waals surface area contributed by atoms with Crippen LogP contribution in [0.25, 0.3) is 0 Å². The average molecular weight is 268 g/mol. The Morgan fingerprint density at radius 2 is 2.00 bits per heavy atom. The first-order valence-corrected chi connectivity index (χ1v) is 7.40. The Labute approximate surface area is 114 Å². The maximum Gasteiger partial charge on any atom is 0.315 e. The van der Waals surface area contributed by atoms with Gasteiger partial charge in [-0.15, -0.1) is 0 Å². The topological polar surface area (TPSA) is 78.4 Å². The van der Waals surface area contributed by atoms with Crippen LogP contribution in [0.2, 0.25) is 0 Å². The fourth-order valence-electron chi connectivity index (χ4n) is 2.91. The molecule has 5 nitrogen and oxygen atoms in total. The average Bonchev–Trinajstić information content (AvgIpc) is 3.05. The lowest BCUT2D eigenvalue weighted by molar-refractivity contribution is -0.142. The van der Waals surface area contributed by atoms with E-state index in [1.54, 1.807) is 0 Å². The molecule has 19 heavy (non-hydrogen) atoms. The van der Waals surface area contributed by atoms with E-state index in [1.807, 2.05) is 0 Å². The van der Waals surface area contributed by atoms with Gasteiger partial charge in [-0.25, -0.2) is 4.79 Å². The third kappa shape index (κ3) is 4.11. The minimum atomic E-state index is -0.798. The maximum atomic E-state index is 11.9. The highest BCUT2D eigenvalue weighted by molar-refractivity contribution is 5.77. The number of amides is 2. The monoisotopic (exact) mass is 268 g/mol. The number of carboxylic acid groups (broad SMARTS) is 1. The lowest BCUT2D eigenvalue weighted by Gasteiger charge is -2.21. The molecule has 3 unspecified atom stereocenters. The molecule has 2 rings (SSSR count). The number of urea groups is 1. The minimum Gasteiger partial charge on any atom is -0.481 e. The molecule has 0 saturated heterocycles. The van der Waals surface area contributed by atoms with Crippen LogP contribution in [0.4, 0.5) is 4.79 Å². The normalized spacial score (nSPS) is 27.8. The molecule has 0 aromatic heterocycles. The number of hydrogen-bond acceptors (Lipinski definition) is 2. The zero-order valence-corrected chi connectivity index (χ0v) is 11.5. The summed E-state index contributed by atoms with van der Waals surface area (Å²) in [5.41, 5.74) is 0. The van der Waals surface area contributed by atoms with Gasteiger partial charge >= 0.3 is 12.0 Å². The Hall–Kier alpha value is -1.26. The van der Waals surface area contributed by atoms with Crippen LogP contribution in [-0.4, -0.2) is 29.2 Å². The molecule has 3 atom stereocenters. The molecule has 0 spiro atoms. The second-order valence-electron chi connectivity index (χ2n) is 5.88. The van der Waals surface area contributed by atoms with Gasteiger partial charge in [0.1, 0.15) is 0 Å². The summed E-state index contributed by atoms with van der Waals surface area (Å²) in [4.78, 5) is 23.0. The van der Waals surface area contributed by atoms with E-state index in [1.165, 1.54) is 12.8 Å². The van der Waals surface area contributed by atoms with Crippen molar-refractivity contribution in [2.75, 3.05) is 0 Å². The van der Waals surface area contributed by atoms with Gasteiger partial charge in [0.25, 0.3) is 0 Å². The molecule has 2 saturated carbocycles. The zero-order valence-electron chi connectivity index (χ0n) is 11.5. The highest BCUT2D eigenvalue weighted by atomic mass is 16.4. The molecule has 2 aliphatic rings. The highest BCUT2D eigenvalue weighted by Gasteiger charge is 2.34. The summed E-state index contributed by atoms with van der Waals surface area (Å²) in [7, 11) is 0. The van der Waals surface area contributed by atoms with E-state index in [2.05, 4.69) is 17.6 Å². The van der Waals surface area contributed by atoms with Crippen molar-refractivity contribution in [1.29, 1.82) is 0 Å². The van der Waals surface area contributed by atoms with Gasteiger partial charge in [-0.1, -0.05) is 26.2 Å². The number of carbonyl (C=O) groups is 2. The third-order valence-electron chi connectivity index (χ3n) is 4.29. The van der Waals surface area contributed by atoms with Crippen molar-refractivity contribution < 1.29 is 14.7 Å². The quantitative estimate of drug-likeness (QED) is 0.690. The van der Waals surface area contributed by atoms with Gasteiger partial charge in [0.15, 0.2) is 0 Å². The molecule has 3 N–H and O–H groups in total. The van der Waals surface area contributed by atoms with Gasteiger partial charge in [-0.2, -0.15) is 0 Å². The van der Waals surface area contributed by atoms with E-state index < -0.39 is 11.9 Å². The van der Waals surface area contributed by atoms with Gasteiger partial charge in [-0.3, -0.25) is 4.79 Å². The summed E-state index contributed by atoms with van der Waals surface area (Å²) in [5.74, 6) is -0.439. The van der Waals surface area contributed by atoms with Gasteiger partial charge in [0.05, 0.1) is 5.92 Å². The first-order chi connectivity index (χ1) is 9.10. The van der Waals surface area contributed by atoms with Crippen LogP contribution in [0.3, 0.4) is 0 Å². The lowest BCUT2D eigenvalue weighted by Crippen LogP contribution is -2.48. The van der Waals surface area contributed by atoms with Crippen molar-refractivity contribution in [1.82, 2.24) is 10.6 Å². The molecule has 0 bridgehead atoms. The van der Waals surface area contributed by atoms with Crippen LogP contribution in [0.5, 0.6) is 0 Å². The Bertz CT molecular complexity index is 342. The van der Waals surface area contributed by atoms with Crippen molar-refractivity contribution >= 4 is 12.0 Å². The Kier molecular flexibility index (Phi) is 4.66. The molecule has 2 fully saturated rings. The number of rotatable bonds is 6.